The molecule has 0 aliphatic carbocycles. The van der Waals surface area contributed by atoms with Crippen molar-refractivity contribution in [2.45, 2.75) is 0 Å². The van der Waals surface area contributed by atoms with Crippen molar-refractivity contribution in [3.63, 3.8) is 0 Å². The Morgan fingerprint density at radius 2 is 1.81 bits per heavy atom. The average molecular weight is 356 g/mol. The number of fused-ring (bicyclic) bond motifs is 1. The number of carbonyl (C=O) groups excluding carboxylic acids is 2. The summed E-state index contributed by atoms with van der Waals surface area (Å²) in [6, 6.07) is 9.62. The van der Waals surface area contributed by atoms with Gasteiger partial charge in [-0.25, -0.2) is 9.78 Å². The molecule has 0 aliphatic rings. The molecule has 0 atom stereocenters. The summed E-state index contributed by atoms with van der Waals surface area (Å²) in [5, 5.41) is 2.62. The summed E-state index contributed by atoms with van der Waals surface area (Å²) in [7, 11) is 3.02. The highest BCUT2D eigenvalue weighted by Gasteiger charge is 2.13. The zero-order valence-corrected chi connectivity index (χ0v) is 14.1. The van der Waals surface area contributed by atoms with Crippen LogP contribution >= 0.6 is 0 Å². The molecule has 0 saturated carbocycles. The summed E-state index contributed by atoms with van der Waals surface area (Å²) in [6.07, 6.45) is 1.29. The molecule has 1 heterocycles. The highest BCUT2D eigenvalue weighted by molar-refractivity contribution is 5.97. The lowest BCUT2D eigenvalue weighted by molar-refractivity contribution is -0.119. The van der Waals surface area contributed by atoms with Crippen LogP contribution in [-0.2, 0) is 9.53 Å². The first-order valence-corrected chi connectivity index (χ1v) is 7.62. The number of benzene rings is 2. The lowest BCUT2D eigenvalue weighted by Crippen LogP contribution is -2.21. The number of rotatable bonds is 6. The van der Waals surface area contributed by atoms with E-state index in [4.69, 9.17) is 18.6 Å². The third-order valence-electron chi connectivity index (χ3n) is 3.54. The first kappa shape index (κ1) is 17.3. The van der Waals surface area contributed by atoms with Gasteiger partial charge in [0.25, 0.3) is 5.91 Å². The van der Waals surface area contributed by atoms with Crippen LogP contribution in [-0.4, -0.2) is 37.7 Å². The fourth-order valence-electron chi connectivity index (χ4n) is 2.28. The van der Waals surface area contributed by atoms with E-state index in [1.807, 2.05) is 0 Å². The van der Waals surface area contributed by atoms with Gasteiger partial charge in [0.15, 0.2) is 18.6 Å². The molecule has 0 fully saturated rings. The van der Waals surface area contributed by atoms with Crippen LogP contribution in [0.4, 0.5) is 5.69 Å². The van der Waals surface area contributed by atoms with Crippen molar-refractivity contribution in [2.75, 3.05) is 26.1 Å². The Kier molecular flexibility index (Phi) is 5.02. The van der Waals surface area contributed by atoms with E-state index in [1.54, 1.807) is 30.3 Å². The highest BCUT2D eigenvalue weighted by Crippen LogP contribution is 2.25. The number of nitrogens with zero attached hydrogens (tertiary/aromatic N) is 1. The maximum absolute atomic E-state index is 12.1. The molecule has 3 rings (SSSR count). The SMILES string of the molecule is COc1cc(NC(=O)COC(=O)c2ccc3ocnc3c2)cc(OC)c1. The minimum Gasteiger partial charge on any atom is -0.497 e. The molecule has 0 unspecified atom stereocenters. The van der Waals surface area contributed by atoms with E-state index in [0.29, 0.717) is 28.3 Å². The quantitative estimate of drug-likeness (QED) is 0.678. The number of aromatic nitrogens is 1. The largest absolute Gasteiger partial charge is 0.497 e. The van der Waals surface area contributed by atoms with Crippen molar-refractivity contribution in [1.29, 1.82) is 0 Å². The fourth-order valence-corrected chi connectivity index (χ4v) is 2.28. The second-order valence-electron chi connectivity index (χ2n) is 5.26. The van der Waals surface area contributed by atoms with E-state index in [-0.39, 0.29) is 5.56 Å². The number of hydrogen-bond donors (Lipinski definition) is 1. The van der Waals surface area contributed by atoms with Crippen molar-refractivity contribution in [2.24, 2.45) is 0 Å². The van der Waals surface area contributed by atoms with Crippen LogP contribution < -0.4 is 14.8 Å². The number of nitrogens with one attached hydrogen (secondary N) is 1. The van der Waals surface area contributed by atoms with Gasteiger partial charge in [-0.15, -0.1) is 0 Å². The zero-order chi connectivity index (χ0) is 18.5. The van der Waals surface area contributed by atoms with Crippen LogP contribution in [0.1, 0.15) is 10.4 Å². The average Bonchev–Trinajstić information content (AvgIpc) is 3.13. The Morgan fingerprint density at radius 1 is 1.08 bits per heavy atom. The Morgan fingerprint density at radius 3 is 2.50 bits per heavy atom. The Balaban J connectivity index is 1.60. The zero-order valence-electron chi connectivity index (χ0n) is 14.1. The van der Waals surface area contributed by atoms with Gasteiger partial charge in [-0.1, -0.05) is 0 Å². The first-order chi connectivity index (χ1) is 12.6. The first-order valence-electron chi connectivity index (χ1n) is 7.62. The number of methoxy groups -OCH3 is 2. The van der Waals surface area contributed by atoms with Gasteiger partial charge in [-0.05, 0) is 18.2 Å². The van der Waals surface area contributed by atoms with Crippen molar-refractivity contribution in [3.8, 4) is 11.5 Å². The number of oxazole rings is 1. The van der Waals surface area contributed by atoms with Crippen LogP contribution in [0.2, 0.25) is 0 Å². The standard InChI is InChI=1S/C18H16N2O6/c1-23-13-6-12(7-14(8-13)24-2)20-17(21)9-25-18(22)11-3-4-16-15(5-11)19-10-26-16/h3-8,10H,9H2,1-2H3,(H,20,21). The summed E-state index contributed by atoms with van der Waals surface area (Å²) in [5.41, 5.74) is 1.84. The second-order valence-corrected chi connectivity index (χ2v) is 5.26. The van der Waals surface area contributed by atoms with E-state index in [2.05, 4.69) is 10.3 Å². The molecule has 0 spiro atoms. The molecule has 0 radical (unpaired) electrons. The fraction of sp³-hybridized carbons (Fsp3) is 0.167. The Bertz CT molecular complexity index is 928. The van der Waals surface area contributed by atoms with E-state index in [0.717, 1.165) is 0 Å². The maximum Gasteiger partial charge on any atom is 0.338 e. The van der Waals surface area contributed by atoms with Gasteiger partial charge in [0, 0.05) is 23.9 Å². The molecule has 1 amide bonds. The molecular formula is C18H16N2O6. The highest BCUT2D eigenvalue weighted by atomic mass is 16.5. The molecule has 3 aromatic rings. The maximum atomic E-state index is 12.1. The van der Waals surface area contributed by atoms with Crippen molar-refractivity contribution < 1.29 is 28.2 Å². The predicted molar refractivity (Wildman–Crippen MR) is 92.5 cm³/mol. The summed E-state index contributed by atoms with van der Waals surface area (Å²) in [6.45, 7) is -0.435. The van der Waals surface area contributed by atoms with Crippen LogP contribution in [0.3, 0.4) is 0 Å². The molecular weight excluding hydrogens is 340 g/mol. The monoisotopic (exact) mass is 356 g/mol. The third kappa shape index (κ3) is 3.92. The normalized spacial score (nSPS) is 10.4. The smallest absolute Gasteiger partial charge is 0.338 e. The van der Waals surface area contributed by atoms with E-state index < -0.39 is 18.5 Å². The summed E-state index contributed by atoms with van der Waals surface area (Å²) >= 11 is 0. The number of hydrogen-bond acceptors (Lipinski definition) is 7. The molecule has 0 saturated heterocycles. The minimum atomic E-state index is -0.631. The summed E-state index contributed by atoms with van der Waals surface area (Å²) < 4.78 is 20.4. The lowest BCUT2D eigenvalue weighted by Gasteiger charge is -2.10. The number of ether oxygens (including phenoxy) is 3. The van der Waals surface area contributed by atoms with E-state index >= 15 is 0 Å². The minimum absolute atomic E-state index is 0.280. The van der Waals surface area contributed by atoms with Crippen LogP contribution in [0.25, 0.3) is 11.1 Å². The van der Waals surface area contributed by atoms with Crippen LogP contribution in [0.15, 0.2) is 47.2 Å². The van der Waals surface area contributed by atoms with Crippen molar-refractivity contribution in [3.05, 3.63) is 48.4 Å². The van der Waals surface area contributed by atoms with Crippen LogP contribution in [0, 0.1) is 0 Å². The van der Waals surface area contributed by atoms with Gasteiger partial charge < -0.3 is 23.9 Å². The Hall–Kier alpha value is -3.55. The van der Waals surface area contributed by atoms with Gasteiger partial charge in [0.05, 0.1) is 19.8 Å². The molecule has 0 aliphatic heterocycles. The van der Waals surface area contributed by atoms with Gasteiger partial charge >= 0.3 is 5.97 Å². The number of anilines is 1. The van der Waals surface area contributed by atoms with E-state index in [9.17, 15) is 9.59 Å². The molecule has 26 heavy (non-hydrogen) atoms. The number of amides is 1. The van der Waals surface area contributed by atoms with Gasteiger partial charge in [0.2, 0.25) is 0 Å². The van der Waals surface area contributed by atoms with Gasteiger partial charge in [0.1, 0.15) is 17.0 Å². The molecule has 2 aromatic carbocycles. The van der Waals surface area contributed by atoms with Gasteiger partial charge in [-0.2, -0.15) is 0 Å². The molecule has 134 valence electrons. The predicted octanol–water partition coefficient (Wildman–Crippen LogP) is 2.64. The number of carbonyl (C=O) groups is 2. The summed E-state index contributed by atoms with van der Waals surface area (Å²) in [4.78, 5) is 28.1. The Labute approximate surface area is 148 Å². The third-order valence-corrected chi connectivity index (χ3v) is 3.54. The molecule has 1 aromatic heterocycles. The van der Waals surface area contributed by atoms with Crippen LogP contribution in [0.5, 0.6) is 11.5 Å². The molecule has 8 nitrogen and oxygen atoms in total. The van der Waals surface area contributed by atoms with Crippen molar-refractivity contribution >= 4 is 28.7 Å². The topological polar surface area (TPSA) is 99.9 Å². The molecule has 1 N–H and O–H groups in total. The molecule has 0 bridgehead atoms. The second kappa shape index (κ2) is 7.56. The van der Waals surface area contributed by atoms with Crippen molar-refractivity contribution in [1.82, 2.24) is 4.98 Å². The number of esters is 1. The van der Waals surface area contributed by atoms with Gasteiger partial charge in [-0.3, -0.25) is 4.79 Å². The lowest BCUT2D eigenvalue weighted by atomic mass is 10.2. The molecule has 8 heteroatoms. The summed E-state index contributed by atoms with van der Waals surface area (Å²) in [5.74, 6) is -0.0699. The van der Waals surface area contributed by atoms with E-state index in [1.165, 1.54) is 26.7 Å².